The Balaban J connectivity index is 1.91. The van der Waals surface area contributed by atoms with Crippen LogP contribution < -0.4 is 4.90 Å². The average molecular weight is 275 g/mol. The lowest BCUT2D eigenvalue weighted by Gasteiger charge is -2.16. The van der Waals surface area contributed by atoms with Crippen LogP contribution in [0.5, 0.6) is 0 Å². The molecule has 3 rings (SSSR count). The largest absolute Gasteiger partial charge is 0.348 e. The quantitative estimate of drug-likeness (QED) is 0.742. The second-order valence-corrected chi connectivity index (χ2v) is 4.76. The van der Waals surface area contributed by atoms with Crippen LogP contribution in [0.25, 0.3) is 0 Å². The minimum atomic E-state index is 0.890. The van der Waals surface area contributed by atoms with Crippen molar-refractivity contribution < 1.29 is 0 Å². The van der Waals surface area contributed by atoms with Crippen molar-refractivity contribution in [2.45, 2.75) is 13.1 Å². The lowest BCUT2D eigenvalue weighted by molar-refractivity contribution is 0.854. The molecule has 2 nitrogen and oxygen atoms in total. The summed E-state index contributed by atoms with van der Waals surface area (Å²) >= 11 is 3.41. The lowest BCUT2D eigenvalue weighted by Crippen LogP contribution is -2.15. The van der Waals surface area contributed by atoms with Crippen molar-refractivity contribution >= 4 is 21.7 Å². The molecule has 0 spiro atoms. The van der Waals surface area contributed by atoms with E-state index in [2.05, 4.69) is 56.1 Å². The normalized spacial score (nSPS) is 13.9. The number of halogens is 1. The maximum atomic E-state index is 4.48. The van der Waals surface area contributed by atoms with Crippen molar-refractivity contribution in [2.75, 3.05) is 4.90 Å². The number of anilines is 1. The van der Waals surface area contributed by atoms with Crippen LogP contribution >= 0.6 is 15.9 Å². The highest BCUT2D eigenvalue weighted by molar-refractivity contribution is 9.10. The van der Waals surface area contributed by atoms with E-state index < -0.39 is 0 Å². The average Bonchev–Trinajstić information content (AvgIpc) is 2.72. The first kappa shape index (κ1) is 9.85. The summed E-state index contributed by atoms with van der Waals surface area (Å²) in [4.78, 5) is 6.77. The summed E-state index contributed by atoms with van der Waals surface area (Å²) in [5.74, 6) is 1.03. The van der Waals surface area contributed by atoms with Crippen molar-refractivity contribution in [1.29, 1.82) is 0 Å². The van der Waals surface area contributed by atoms with Crippen LogP contribution in [0.4, 0.5) is 5.82 Å². The number of benzene rings is 1. The predicted molar refractivity (Wildman–Crippen MR) is 68.3 cm³/mol. The molecule has 80 valence electrons. The van der Waals surface area contributed by atoms with Gasteiger partial charge in [0.25, 0.3) is 0 Å². The fourth-order valence-electron chi connectivity index (χ4n) is 2.07. The predicted octanol–water partition coefficient (Wildman–Crippen LogP) is 3.36. The van der Waals surface area contributed by atoms with Gasteiger partial charge in [-0.15, -0.1) is 0 Å². The summed E-state index contributed by atoms with van der Waals surface area (Å²) in [7, 11) is 0. The van der Waals surface area contributed by atoms with E-state index in [-0.39, 0.29) is 0 Å². The van der Waals surface area contributed by atoms with Crippen LogP contribution in [0.3, 0.4) is 0 Å². The monoisotopic (exact) mass is 274 g/mol. The van der Waals surface area contributed by atoms with Crippen LogP contribution in [-0.2, 0) is 13.1 Å². The number of pyridine rings is 1. The van der Waals surface area contributed by atoms with E-state index in [9.17, 15) is 0 Å². The highest BCUT2D eigenvalue weighted by Gasteiger charge is 2.19. The zero-order valence-corrected chi connectivity index (χ0v) is 10.3. The number of fused-ring (bicyclic) bond motifs is 1. The number of hydrogen-bond acceptors (Lipinski definition) is 2. The van der Waals surface area contributed by atoms with E-state index in [1.54, 1.807) is 0 Å². The zero-order chi connectivity index (χ0) is 11.0. The molecular formula is C13H11BrN2. The molecule has 0 radical (unpaired) electrons. The number of rotatable bonds is 1. The first-order valence-electron chi connectivity index (χ1n) is 5.27. The maximum Gasteiger partial charge on any atom is 0.130 e. The first-order chi connectivity index (χ1) is 7.83. The van der Waals surface area contributed by atoms with Crippen molar-refractivity contribution in [3.8, 4) is 0 Å². The van der Waals surface area contributed by atoms with E-state index in [4.69, 9.17) is 0 Å². The van der Waals surface area contributed by atoms with Crippen molar-refractivity contribution in [3.63, 3.8) is 0 Å². The molecule has 1 aromatic carbocycles. The van der Waals surface area contributed by atoms with Crippen molar-refractivity contribution in [2.24, 2.45) is 0 Å². The van der Waals surface area contributed by atoms with Crippen molar-refractivity contribution in [3.05, 3.63) is 58.2 Å². The molecule has 0 N–H and O–H groups in total. The van der Waals surface area contributed by atoms with Crippen LogP contribution in [0.1, 0.15) is 11.1 Å². The maximum absolute atomic E-state index is 4.48. The van der Waals surface area contributed by atoms with E-state index in [1.165, 1.54) is 11.1 Å². The van der Waals surface area contributed by atoms with Gasteiger partial charge in [-0.05, 0) is 39.2 Å². The Bertz CT molecular complexity index is 500. The van der Waals surface area contributed by atoms with Crippen LogP contribution in [0.2, 0.25) is 0 Å². The SMILES string of the molecule is Brc1cccc(N2Cc3ccccc3C2)n1. The Labute approximate surface area is 103 Å². The molecular weight excluding hydrogens is 264 g/mol. The number of hydrogen-bond donors (Lipinski definition) is 0. The summed E-state index contributed by atoms with van der Waals surface area (Å²) in [5, 5.41) is 0. The van der Waals surface area contributed by atoms with Gasteiger partial charge in [0.15, 0.2) is 0 Å². The summed E-state index contributed by atoms with van der Waals surface area (Å²) in [6.45, 7) is 1.92. The smallest absolute Gasteiger partial charge is 0.130 e. The summed E-state index contributed by atoms with van der Waals surface area (Å²) in [6, 6.07) is 14.6. The lowest BCUT2D eigenvalue weighted by atomic mass is 10.1. The van der Waals surface area contributed by atoms with Gasteiger partial charge in [0, 0.05) is 13.1 Å². The van der Waals surface area contributed by atoms with E-state index >= 15 is 0 Å². The Morgan fingerprint density at radius 1 is 0.938 bits per heavy atom. The molecule has 0 saturated heterocycles. The Kier molecular flexibility index (Phi) is 2.40. The van der Waals surface area contributed by atoms with E-state index in [0.717, 1.165) is 23.5 Å². The van der Waals surface area contributed by atoms with E-state index in [0.29, 0.717) is 0 Å². The first-order valence-corrected chi connectivity index (χ1v) is 6.06. The molecule has 0 amide bonds. The van der Waals surface area contributed by atoms with Gasteiger partial charge in [0.1, 0.15) is 10.4 Å². The number of aromatic nitrogens is 1. The van der Waals surface area contributed by atoms with E-state index in [1.807, 2.05) is 12.1 Å². The molecule has 1 aliphatic heterocycles. The molecule has 1 aliphatic rings. The molecule has 0 unspecified atom stereocenters. The summed E-state index contributed by atoms with van der Waals surface area (Å²) in [6.07, 6.45) is 0. The fraction of sp³-hybridized carbons (Fsp3) is 0.154. The molecule has 0 fully saturated rings. The molecule has 0 bridgehead atoms. The van der Waals surface area contributed by atoms with Crippen LogP contribution in [-0.4, -0.2) is 4.98 Å². The number of nitrogens with zero attached hydrogens (tertiary/aromatic N) is 2. The van der Waals surface area contributed by atoms with Gasteiger partial charge in [-0.1, -0.05) is 30.3 Å². The molecule has 2 aromatic rings. The zero-order valence-electron chi connectivity index (χ0n) is 8.73. The van der Waals surface area contributed by atoms with Gasteiger partial charge in [-0.2, -0.15) is 0 Å². The third-order valence-electron chi connectivity index (χ3n) is 2.87. The van der Waals surface area contributed by atoms with Crippen LogP contribution in [0, 0.1) is 0 Å². The second kappa shape index (κ2) is 3.91. The van der Waals surface area contributed by atoms with Gasteiger partial charge in [-0.3, -0.25) is 0 Å². The summed E-state index contributed by atoms with van der Waals surface area (Å²) in [5.41, 5.74) is 2.81. The second-order valence-electron chi connectivity index (χ2n) is 3.94. The van der Waals surface area contributed by atoms with Gasteiger partial charge < -0.3 is 4.90 Å². The highest BCUT2D eigenvalue weighted by Crippen LogP contribution is 2.27. The third-order valence-corrected chi connectivity index (χ3v) is 3.31. The van der Waals surface area contributed by atoms with Gasteiger partial charge in [-0.25, -0.2) is 4.98 Å². The minimum absolute atomic E-state index is 0.890. The van der Waals surface area contributed by atoms with Crippen molar-refractivity contribution in [1.82, 2.24) is 4.98 Å². The summed E-state index contributed by atoms with van der Waals surface area (Å²) < 4.78 is 0.890. The van der Waals surface area contributed by atoms with Crippen LogP contribution in [0.15, 0.2) is 47.1 Å². The van der Waals surface area contributed by atoms with Gasteiger partial charge in [0.2, 0.25) is 0 Å². The molecule has 0 atom stereocenters. The third kappa shape index (κ3) is 1.71. The Morgan fingerprint density at radius 3 is 2.25 bits per heavy atom. The van der Waals surface area contributed by atoms with Gasteiger partial charge in [0.05, 0.1) is 0 Å². The molecule has 2 heterocycles. The minimum Gasteiger partial charge on any atom is -0.348 e. The Hall–Kier alpha value is -1.35. The molecule has 3 heteroatoms. The molecule has 1 aromatic heterocycles. The molecule has 16 heavy (non-hydrogen) atoms. The fourth-order valence-corrected chi connectivity index (χ4v) is 2.40. The Morgan fingerprint density at radius 2 is 1.62 bits per heavy atom. The topological polar surface area (TPSA) is 16.1 Å². The highest BCUT2D eigenvalue weighted by atomic mass is 79.9. The standard InChI is InChI=1S/C13H11BrN2/c14-12-6-3-7-13(15-12)16-8-10-4-1-2-5-11(10)9-16/h1-7H,8-9H2. The molecule has 0 saturated carbocycles. The van der Waals surface area contributed by atoms with Gasteiger partial charge >= 0.3 is 0 Å². The molecule has 0 aliphatic carbocycles.